The zero-order chi connectivity index (χ0) is 23.0. The first-order valence-corrected chi connectivity index (χ1v) is 10.2. The number of halogens is 2. The van der Waals surface area contributed by atoms with Gasteiger partial charge in [0, 0.05) is 38.3 Å². The molecule has 1 saturated heterocycles. The summed E-state index contributed by atoms with van der Waals surface area (Å²) in [5.74, 6) is -1.90. The minimum absolute atomic E-state index is 0.0858. The van der Waals surface area contributed by atoms with Crippen LogP contribution in [0.2, 0.25) is 0 Å². The summed E-state index contributed by atoms with van der Waals surface area (Å²) in [7, 11) is 0. The Labute approximate surface area is 178 Å². The van der Waals surface area contributed by atoms with Crippen molar-refractivity contribution < 1.29 is 38.1 Å². The van der Waals surface area contributed by atoms with E-state index in [9.17, 15) is 23.5 Å². The van der Waals surface area contributed by atoms with E-state index in [-0.39, 0.29) is 30.0 Å². The molecule has 0 unspecified atom stereocenters. The third-order valence-corrected chi connectivity index (χ3v) is 5.29. The molecule has 3 rings (SSSR count). The number of aromatic nitrogens is 1. The molecule has 2 amide bonds. The lowest BCUT2D eigenvalue weighted by molar-refractivity contribution is -0.134. The standard InChI is InChI=1S/C18H25F2N3O4.C2H4O2/c19-18(20)23-7-1-2-14(23)17(26)22-13-4-3-11(10-15(13)24)16(25)21-12-5-8-27-9-6-12;1-2(3)4/h1-2,7,11-13,15,18,24H,3-6,8-10H2,(H,21,25)(H,22,26);1H3,(H,3,4)/t11-,13+,15+;/m0./s1. The van der Waals surface area contributed by atoms with Crippen molar-refractivity contribution in [1.29, 1.82) is 0 Å². The first-order valence-electron chi connectivity index (χ1n) is 10.2. The van der Waals surface area contributed by atoms with E-state index >= 15 is 0 Å². The molecule has 2 heterocycles. The summed E-state index contributed by atoms with van der Waals surface area (Å²) < 4.78 is 31.6. The van der Waals surface area contributed by atoms with Crippen LogP contribution in [0.3, 0.4) is 0 Å². The van der Waals surface area contributed by atoms with Crippen LogP contribution in [-0.2, 0) is 14.3 Å². The Morgan fingerprint density at radius 3 is 2.39 bits per heavy atom. The SMILES string of the molecule is CC(=O)O.O=C(N[C@@H]1CC[C@H](C(=O)NC2CCOCC2)C[C@H]1O)c1cccn1C(F)F. The van der Waals surface area contributed by atoms with E-state index < -0.39 is 30.6 Å². The fraction of sp³-hybridized carbons (Fsp3) is 0.650. The molecule has 1 aromatic heterocycles. The van der Waals surface area contributed by atoms with Gasteiger partial charge < -0.3 is 25.6 Å². The molecule has 1 aliphatic carbocycles. The number of carbonyl (C=O) groups is 3. The molecule has 1 saturated carbocycles. The summed E-state index contributed by atoms with van der Waals surface area (Å²) >= 11 is 0. The van der Waals surface area contributed by atoms with Gasteiger partial charge in [-0.05, 0) is 44.2 Å². The van der Waals surface area contributed by atoms with Crippen LogP contribution in [0.4, 0.5) is 8.78 Å². The van der Waals surface area contributed by atoms with Gasteiger partial charge in [-0.2, -0.15) is 8.78 Å². The van der Waals surface area contributed by atoms with Gasteiger partial charge in [-0.1, -0.05) is 0 Å². The third kappa shape index (κ3) is 7.59. The van der Waals surface area contributed by atoms with Crippen molar-refractivity contribution in [3.63, 3.8) is 0 Å². The lowest BCUT2D eigenvalue weighted by Gasteiger charge is -2.34. The van der Waals surface area contributed by atoms with E-state index in [0.29, 0.717) is 30.6 Å². The van der Waals surface area contributed by atoms with Crippen LogP contribution in [-0.4, -0.2) is 64.0 Å². The maximum Gasteiger partial charge on any atom is 0.319 e. The van der Waals surface area contributed by atoms with Crippen LogP contribution in [0.25, 0.3) is 0 Å². The highest BCUT2D eigenvalue weighted by Crippen LogP contribution is 2.26. The lowest BCUT2D eigenvalue weighted by atomic mass is 9.83. The normalized spacial score (nSPS) is 24.1. The van der Waals surface area contributed by atoms with Crippen molar-refractivity contribution in [2.45, 2.75) is 63.8 Å². The van der Waals surface area contributed by atoms with E-state index in [2.05, 4.69) is 10.6 Å². The molecule has 11 heteroatoms. The zero-order valence-corrected chi connectivity index (χ0v) is 17.3. The number of ether oxygens (including phenoxy) is 1. The maximum absolute atomic E-state index is 12.9. The molecule has 3 atom stereocenters. The zero-order valence-electron chi connectivity index (χ0n) is 17.3. The predicted octanol–water partition coefficient (Wildman–Crippen LogP) is 1.53. The number of hydrogen-bond acceptors (Lipinski definition) is 5. The van der Waals surface area contributed by atoms with Gasteiger partial charge in [0.2, 0.25) is 5.91 Å². The number of rotatable bonds is 5. The van der Waals surface area contributed by atoms with Gasteiger partial charge in [0.1, 0.15) is 5.69 Å². The highest BCUT2D eigenvalue weighted by Gasteiger charge is 2.35. The minimum Gasteiger partial charge on any atom is -0.481 e. The number of hydrogen-bond donors (Lipinski definition) is 4. The van der Waals surface area contributed by atoms with E-state index in [1.807, 2.05) is 0 Å². The monoisotopic (exact) mass is 445 g/mol. The highest BCUT2D eigenvalue weighted by atomic mass is 19.3. The van der Waals surface area contributed by atoms with Gasteiger partial charge in [0.05, 0.1) is 12.1 Å². The molecule has 0 spiro atoms. The Balaban J connectivity index is 0.000000785. The largest absolute Gasteiger partial charge is 0.481 e. The number of nitrogens with zero attached hydrogens (tertiary/aromatic N) is 1. The highest BCUT2D eigenvalue weighted by molar-refractivity contribution is 5.93. The average Bonchev–Trinajstić information content (AvgIpc) is 3.20. The van der Waals surface area contributed by atoms with Crippen molar-refractivity contribution in [2.75, 3.05) is 13.2 Å². The van der Waals surface area contributed by atoms with Crippen LogP contribution in [0.5, 0.6) is 0 Å². The number of aliphatic carboxylic acids is 1. The van der Waals surface area contributed by atoms with E-state index in [0.717, 1.165) is 26.0 Å². The topological polar surface area (TPSA) is 130 Å². The van der Waals surface area contributed by atoms with Crippen LogP contribution in [0, 0.1) is 5.92 Å². The molecular weight excluding hydrogens is 416 g/mol. The fourth-order valence-electron chi connectivity index (χ4n) is 3.71. The van der Waals surface area contributed by atoms with Crippen molar-refractivity contribution in [1.82, 2.24) is 15.2 Å². The molecule has 174 valence electrons. The summed E-state index contributed by atoms with van der Waals surface area (Å²) in [5.41, 5.74) is -0.156. The fourth-order valence-corrected chi connectivity index (χ4v) is 3.71. The smallest absolute Gasteiger partial charge is 0.319 e. The molecule has 0 bridgehead atoms. The molecule has 0 aromatic carbocycles. The molecule has 4 N–H and O–H groups in total. The number of carbonyl (C=O) groups excluding carboxylic acids is 2. The van der Waals surface area contributed by atoms with Crippen molar-refractivity contribution in [3.05, 3.63) is 24.0 Å². The van der Waals surface area contributed by atoms with Gasteiger partial charge in [-0.3, -0.25) is 19.0 Å². The number of aliphatic hydroxyl groups excluding tert-OH is 1. The summed E-state index contributed by atoms with van der Waals surface area (Å²) in [5, 5.41) is 23.4. The van der Waals surface area contributed by atoms with E-state index in [4.69, 9.17) is 14.6 Å². The molecule has 1 aliphatic heterocycles. The van der Waals surface area contributed by atoms with Gasteiger partial charge in [0.25, 0.3) is 11.9 Å². The third-order valence-electron chi connectivity index (χ3n) is 5.29. The molecule has 2 fully saturated rings. The lowest BCUT2D eigenvalue weighted by Crippen LogP contribution is -2.50. The quantitative estimate of drug-likeness (QED) is 0.544. The second kappa shape index (κ2) is 11.8. The van der Waals surface area contributed by atoms with Crippen molar-refractivity contribution >= 4 is 17.8 Å². The van der Waals surface area contributed by atoms with E-state index in [1.165, 1.54) is 12.1 Å². The van der Waals surface area contributed by atoms with Crippen LogP contribution in [0.15, 0.2) is 18.3 Å². The molecule has 9 nitrogen and oxygen atoms in total. The second-order valence-electron chi connectivity index (χ2n) is 7.65. The first kappa shape index (κ1) is 24.7. The Bertz CT molecular complexity index is 747. The van der Waals surface area contributed by atoms with Crippen molar-refractivity contribution in [3.8, 4) is 0 Å². The van der Waals surface area contributed by atoms with Gasteiger partial charge in [-0.15, -0.1) is 0 Å². The van der Waals surface area contributed by atoms with E-state index in [1.54, 1.807) is 0 Å². The van der Waals surface area contributed by atoms with Crippen LogP contribution >= 0.6 is 0 Å². The number of carboxylic acid groups (broad SMARTS) is 1. The number of carboxylic acids is 1. The Morgan fingerprint density at radius 1 is 1.16 bits per heavy atom. The maximum atomic E-state index is 12.9. The van der Waals surface area contributed by atoms with Crippen LogP contribution in [0.1, 0.15) is 56.1 Å². The molecule has 31 heavy (non-hydrogen) atoms. The first-order chi connectivity index (χ1) is 14.7. The number of nitrogens with one attached hydrogen (secondary N) is 2. The van der Waals surface area contributed by atoms with Gasteiger partial charge in [0.15, 0.2) is 0 Å². The Hall–Kier alpha value is -2.53. The summed E-state index contributed by atoms with van der Waals surface area (Å²) in [6.45, 7) is -0.463. The molecule has 2 aliphatic rings. The van der Waals surface area contributed by atoms with Gasteiger partial charge in [-0.25, -0.2) is 0 Å². The Morgan fingerprint density at radius 2 is 1.81 bits per heavy atom. The second-order valence-corrected chi connectivity index (χ2v) is 7.65. The summed E-state index contributed by atoms with van der Waals surface area (Å²) in [6, 6.07) is 2.21. The average molecular weight is 445 g/mol. The molecular formula is C20H29F2N3O6. The van der Waals surface area contributed by atoms with Gasteiger partial charge >= 0.3 is 6.55 Å². The summed E-state index contributed by atoms with van der Waals surface area (Å²) in [4.78, 5) is 33.7. The number of aliphatic hydroxyl groups is 1. The van der Waals surface area contributed by atoms with Crippen molar-refractivity contribution in [2.24, 2.45) is 5.92 Å². The molecule has 1 aromatic rings. The number of amides is 2. The number of alkyl halides is 2. The summed E-state index contributed by atoms with van der Waals surface area (Å²) in [6.07, 6.45) is 2.96. The van der Waals surface area contributed by atoms with Crippen LogP contribution < -0.4 is 10.6 Å². The Kier molecular flexibility index (Phi) is 9.38. The predicted molar refractivity (Wildman–Crippen MR) is 106 cm³/mol. The minimum atomic E-state index is -2.81. The molecule has 0 radical (unpaired) electrons.